The van der Waals surface area contributed by atoms with Crippen molar-refractivity contribution in [2.45, 2.75) is 0 Å². The van der Waals surface area contributed by atoms with E-state index in [0.29, 0.717) is 0 Å². The monoisotopic (exact) mass is 276 g/mol. The molecule has 3 heteroatoms. The lowest BCUT2D eigenvalue weighted by Crippen LogP contribution is -2.08. The van der Waals surface area contributed by atoms with E-state index >= 15 is 0 Å². The van der Waals surface area contributed by atoms with Crippen LogP contribution in [0, 0.1) is 0 Å². The van der Waals surface area contributed by atoms with E-state index in [1.54, 1.807) is 6.20 Å². The third-order valence-electron chi connectivity index (χ3n) is 2.40. The van der Waals surface area contributed by atoms with Gasteiger partial charge in [0.25, 0.3) is 0 Å². The van der Waals surface area contributed by atoms with Crippen LogP contribution in [-0.2, 0) is 0 Å². The number of rotatable bonds is 2. The summed E-state index contributed by atoms with van der Waals surface area (Å²) in [6, 6.07) is 10.5. The molecule has 0 aliphatic carbocycles. The summed E-state index contributed by atoms with van der Waals surface area (Å²) in [4.78, 5) is 6.27. The van der Waals surface area contributed by atoms with Gasteiger partial charge in [-0.1, -0.05) is 12.1 Å². The Labute approximate surface area is 104 Å². The number of pyridine rings is 1. The van der Waals surface area contributed by atoms with Gasteiger partial charge in [-0.25, -0.2) is 0 Å². The number of halogens is 1. The Morgan fingerprint density at radius 1 is 1.06 bits per heavy atom. The van der Waals surface area contributed by atoms with Crippen molar-refractivity contribution in [3.8, 4) is 11.1 Å². The van der Waals surface area contributed by atoms with Gasteiger partial charge >= 0.3 is 0 Å². The van der Waals surface area contributed by atoms with E-state index < -0.39 is 0 Å². The van der Waals surface area contributed by atoms with E-state index in [1.807, 2.05) is 20.3 Å². The number of anilines is 1. The number of hydrogen-bond donors (Lipinski definition) is 0. The standard InChI is InChI=1S/C13H13BrN2/c1-16(2)13-5-3-4-10(7-13)11-6-12(14)9-15-8-11/h3-9H,1-2H3. The fourth-order valence-electron chi connectivity index (χ4n) is 1.53. The second-order valence-corrected chi connectivity index (χ2v) is 4.75. The van der Waals surface area contributed by atoms with Gasteiger partial charge in [0.15, 0.2) is 0 Å². The highest BCUT2D eigenvalue weighted by atomic mass is 79.9. The first-order chi connectivity index (χ1) is 7.66. The van der Waals surface area contributed by atoms with Crippen molar-refractivity contribution in [1.82, 2.24) is 4.98 Å². The predicted octanol–water partition coefficient (Wildman–Crippen LogP) is 3.58. The van der Waals surface area contributed by atoms with Crippen molar-refractivity contribution in [2.75, 3.05) is 19.0 Å². The van der Waals surface area contributed by atoms with Crippen LogP contribution < -0.4 is 4.90 Å². The van der Waals surface area contributed by atoms with E-state index in [9.17, 15) is 0 Å². The fourth-order valence-corrected chi connectivity index (χ4v) is 1.90. The molecule has 0 radical (unpaired) electrons. The van der Waals surface area contributed by atoms with Crippen molar-refractivity contribution in [2.24, 2.45) is 0 Å². The third kappa shape index (κ3) is 2.42. The van der Waals surface area contributed by atoms with Gasteiger partial charge in [-0.05, 0) is 39.7 Å². The molecule has 16 heavy (non-hydrogen) atoms. The maximum absolute atomic E-state index is 4.17. The highest BCUT2D eigenvalue weighted by Gasteiger charge is 2.01. The highest BCUT2D eigenvalue weighted by molar-refractivity contribution is 9.10. The van der Waals surface area contributed by atoms with Crippen LogP contribution in [0.5, 0.6) is 0 Å². The molecule has 1 aromatic carbocycles. The summed E-state index contributed by atoms with van der Waals surface area (Å²) in [5, 5.41) is 0. The summed E-state index contributed by atoms with van der Waals surface area (Å²) in [5.41, 5.74) is 3.50. The van der Waals surface area contributed by atoms with Gasteiger partial charge in [-0.3, -0.25) is 4.98 Å². The molecule has 0 aliphatic rings. The minimum absolute atomic E-state index is 1.00. The van der Waals surface area contributed by atoms with Gasteiger partial charge in [-0.2, -0.15) is 0 Å². The Bertz CT molecular complexity index is 495. The number of benzene rings is 1. The van der Waals surface area contributed by atoms with Crippen LogP contribution in [0.15, 0.2) is 47.2 Å². The first-order valence-electron chi connectivity index (χ1n) is 5.05. The molecule has 2 rings (SSSR count). The summed E-state index contributed by atoms with van der Waals surface area (Å²) in [7, 11) is 4.08. The molecular formula is C13H13BrN2. The summed E-state index contributed by atoms with van der Waals surface area (Å²) >= 11 is 3.43. The van der Waals surface area contributed by atoms with Crippen molar-refractivity contribution < 1.29 is 0 Å². The van der Waals surface area contributed by atoms with Crippen molar-refractivity contribution in [3.05, 3.63) is 47.2 Å². The zero-order valence-corrected chi connectivity index (χ0v) is 10.9. The first-order valence-corrected chi connectivity index (χ1v) is 5.84. The second kappa shape index (κ2) is 4.66. The second-order valence-electron chi connectivity index (χ2n) is 3.84. The normalized spacial score (nSPS) is 10.2. The molecule has 0 N–H and O–H groups in total. The minimum atomic E-state index is 1.00. The van der Waals surface area contributed by atoms with Crippen LogP contribution >= 0.6 is 15.9 Å². The van der Waals surface area contributed by atoms with Gasteiger partial charge in [0, 0.05) is 42.2 Å². The molecule has 0 saturated carbocycles. The Kier molecular flexibility index (Phi) is 3.25. The predicted molar refractivity (Wildman–Crippen MR) is 71.7 cm³/mol. The number of hydrogen-bond acceptors (Lipinski definition) is 2. The topological polar surface area (TPSA) is 16.1 Å². The summed E-state index contributed by atoms with van der Waals surface area (Å²) in [6.07, 6.45) is 3.67. The van der Waals surface area contributed by atoms with Crippen LogP contribution in [0.1, 0.15) is 0 Å². The minimum Gasteiger partial charge on any atom is -0.378 e. The number of nitrogens with zero attached hydrogens (tertiary/aromatic N) is 2. The Morgan fingerprint density at radius 3 is 2.56 bits per heavy atom. The highest BCUT2D eigenvalue weighted by Crippen LogP contribution is 2.25. The molecule has 0 amide bonds. The smallest absolute Gasteiger partial charge is 0.0410 e. The maximum Gasteiger partial charge on any atom is 0.0410 e. The molecule has 0 bridgehead atoms. The molecule has 2 nitrogen and oxygen atoms in total. The molecule has 0 saturated heterocycles. The number of aromatic nitrogens is 1. The lowest BCUT2D eigenvalue weighted by molar-refractivity contribution is 1.13. The SMILES string of the molecule is CN(C)c1cccc(-c2cncc(Br)c2)c1. The molecule has 1 heterocycles. The Balaban J connectivity index is 2.44. The summed E-state index contributed by atoms with van der Waals surface area (Å²) < 4.78 is 1.00. The van der Waals surface area contributed by atoms with Gasteiger partial charge in [-0.15, -0.1) is 0 Å². The van der Waals surface area contributed by atoms with E-state index in [2.05, 4.69) is 56.1 Å². The van der Waals surface area contributed by atoms with Gasteiger partial charge in [0.1, 0.15) is 0 Å². The van der Waals surface area contributed by atoms with E-state index in [4.69, 9.17) is 0 Å². The molecule has 82 valence electrons. The fraction of sp³-hybridized carbons (Fsp3) is 0.154. The molecule has 0 aliphatic heterocycles. The largest absolute Gasteiger partial charge is 0.378 e. The molecule has 2 aromatic rings. The zero-order chi connectivity index (χ0) is 11.5. The molecule has 0 fully saturated rings. The summed E-state index contributed by atoms with van der Waals surface area (Å²) in [6.45, 7) is 0. The average Bonchev–Trinajstić information content (AvgIpc) is 2.29. The Morgan fingerprint density at radius 2 is 1.88 bits per heavy atom. The molecule has 0 atom stereocenters. The molecular weight excluding hydrogens is 264 g/mol. The molecule has 1 aromatic heterocycles. The van der Waals surface area contributed by atoms with E-state index in [-0.39, 0.29) is 0 Å². The van der Waals surface area contributed by atoms with Crippen molar-refractivity contribution in [3.63, 3.8) is 0 Å². The van der Waals surface area contributed by atoms with Crippen LogP contribution in [0.3, 0.4) is 0 Å². The van der Waals surface area contributed by atoms with Crippen molar-refractivity contribution >= 4 is 21.6 Å². The molecule has 0 unspecified atom stereocenters. The first kappa shape index (κ1) is 11.1. The van der Waals surface area contributed by atoms with Crippen LogP contribution in [0.4, 0.5) is 5.69 Å². The van der Waals surface area contributed by atoms with Crippen LogP contribution in [-0.4, -0.2) is 19.1 Å². The summed E-state index contributed by atoms with van der Waals surface area (Å²) in [5.74, 6) is 0. The van der Waals surface area contributed by atoms with Gasteiger partial charge < -0.3 is 4.90 Å². The van der Waals surface area contributed by atoms with Gasteiger partial charge in [0.05, 0.1) is 0 Å². The van der Waals surface area contributed by atoms with Crippen LogP contribution in [0.2, 0.25) is 0 Å². The lowest BCUT2D eigenvalue weighted by Gasteiger charge is -2.13. The maximum atomic E-state index is 4.17. The molecule has 0 spiro atoms. The van der Waals surface area contributed by atoms with E-state index in [0.717, 1.165) is 10.0 Å². The van der Waals surface area contributed by atoms with Gasteiger partial charge in [0.2, 0.25) is 0 Å². The zero-order valence-electron chi connectivity index (χ0n) is 9.31. The Hall–Kier alpha value is -1.35. The lowest BCUT2D eigenvalue weighted by atomic mass is 10.1. The average molecular weight is 277 g/mol. The quantitative estimate of drug-likeness (QED) is 0.834. The van der Waals surface area contributed by atoms with E-state index in [1.165, 1.54) is 11.3 Å². The van der Waals surface area contributed by atoms with Crippen LogP contribution in [0.25, 0.3) is 11.1 Å². The third-order valence-corrected chi connectivity index (χ3v) is 2.83. The van der Waals surface area contributed by atoms with Crippen molar-refractivity contribution in [1.29, 1.82) is 0 Å².